The maximum atomic E-state index is 11.8. The highest BCUT2D eigenvalue weighted by Gasteiger charge is 2.13. The van der Waals surface area contributed by atoms with E-state index in [4.69, 9.17) is 4.74 Å². The van der Waals surface area contributed by atoms with Gasteiger partial charge >= 0.3 is 0 Å². The quantitative estimate of drug-likeness (QED) is 0.890. The number of para-hydroxylation sites is 1. The molecule has 2 heterocycles. The van der Waals surface area contributed by atoms with E-state index in [2.05, 4.69) is 15.2 Å². The largest absolute Gasteiger partial charge is 0.484 e. The molecule has 0 radical (unpaired) electrons. The van der Waals surface area contributed by atoms with Crippen LogP contribution in [0.25, 0.3) is 0 Å². The number of carbonyl (C=O) groups is 1. The van der Waals surface area contributed by atoms with Crippen molar-refractivity contribution in [3.8, 4) is 5.75 Å². The molecule has 1 N–H and O–H groups in total. The van der Waals surface area contributed by atoms with Crippen LogP contribution in [0.5, 0.6) is 5.75 Å². The molecule has 1 saturated heterocycles. The standard InChI is InChI=1S/C18H21N3O2/c22-18(14-23-16-6-2-1-3-7-16)20-13-15-8-9-17(19-12-15)21-10-4-5-11-21/h1-3,6-9,12H,4-5,10-11,13-14H2,(H,20,22). The van der Waals surface area contributed by atoms with E-state index >= 15 is 0 Å². The van der Waals surface area contributed by atoms with Crippen LogP contribution in [0.15, 0.2) is 48.7 Å². The summed E-state index contributed by atoms with van der Waals surface area (Å²) in [6.07, 6.45) is 4.30. The third-order valence-electron chi connectivity index (χ3n) is 3.84. The number of amides is 1. The van der Waals surface area contributed by atoms with Gasteiger partial charge in [-0.2, -0.15) is 0 Å². The summed E-state index contributed by atoms with van der Waals surface area (Å²) in [5.74, 6) is 1.57. The number of rotatable bonds is 6. The molecule has 5 heteroatoms. The SMILES string of the molecule is O=C(COc1ccccc1)NCc1ccc(N2CCCC2)nc1. The number of hydrogen-bond donors (Lipinski definition) is 1. The van der Waals surface area contributed by atoms with E-state index in [9.17, 15) is 4.79 Å². The van der Waals surface area contributed by atoms with Crippen LogP contribution in [0.4, 0.5) is 5.82 Å². The highest BCUT2D eigenvalue weighted by molar-refractivity contribution is 5.77. The van der Waals surface area contributed by atoms with Crippen molar-refractivity contribution >= 4 is 11.7 Å². The van der Waals surface area contributed by atoms with Gasteiger partial charge in [-0.1, -0.05) is 24.3 Å². The summed E-state index contributed by atoms with van der Waals surface area (Å²) in [6, 6.07) is 13.3. The molecule has 1 aromatic heterocycles. The molecule has 23 heavy (non-hydrogen) atoms. The highest BCUT2D eigenvalue weighted by Crippen LogP contribution is 2.17. The summed E-state index contributed by atoms with van der Waals surface area (Å²) in [5.41, 5.74) is 0.987. The molecule has 1 aromatic carbocycles. The van der Waals surface area contributed by atoms with Crippen molar-refractivity contribution in [3.05, 3.63) is 54.2 Å². The van der Waals surface area contributed by atoms with Crippen LogP contribution in [0.3, 0.4) is 0 Å². The highest BCUT2D eigenvalue weighted by atomic mass is 16.5. The number of anilines is 1. The van der Waals surface area contributed by atoms with Gasteiger partial charge in [-0.05, 0) is 36.6 Å². The monoisotopic (exact) mass is 311 g/mol. The lowest BCUT2D eigenvalue weighted by Gasteiger charge is -2.16. The van der Waals surface area contributed by atoms with Gasteiger partial charge < -0.3 is 15.0 Å². The van der Waals surface area contributed by atoms with Crippen molar-refractivity contribution in [1.29, 1.82) is 0 Å². The fourth-order valence-electron chi connectivity index (χ4n) is 2.57. The average molecular weight is 311 g/mol. The Hall–Kier alpha value is -2.56. The van der Waals surface area contributed by atoms with E-state index in [-0.39, 0.29) is 12.5 Å². The van der Waals surface area contributed by atoms with Crippen molar-refractivity contribution in [1.82, 2.24) is 10.3 Å². The number of ether oxygens (including phenoxy) is 1. The van der Waals surface area contributed by atoms with Crippen LogP contribution in [-0.4, -0.2) is 30.6 Å². The molecule has 0 spiro atoms. The second-order valence-electron chi connectivity index (χ2n) is 5.60. The fraction of sp³-hybridized carbons (Fsp3) is 0.333. The Kier molecular flexibility index (Phi) is 5.09. The van der Waals surface area contributed by atoms with Crippen molar-refractivity contribution in [2.45, 2.75) is 19.4 Å². The van der Waals surface area contributed by atoms with E-state index in [1.807, 2.05) is 48.7 Å². The minimum atomic E-state index is -0.141. The molecular formula is C18H21N3O2. The number of benzene rings is 1. The predicted octanol–water partition coefficient (Wildman–Crippen LogP) is 2.38. The number of aromatic nitrogens is 1. The molecule has 1 fully saturated rings. The molecule has 1 aliphatic heterocycles. The first-order chi connectivity index (χ1) is 11.3. The van der Waals surface area contributed by atoms with E-state index in [1.165, 1.54) is 12.8 Å². The summed E-state index contributed by atoms with van der Waals surface area (Å²) in [6.45, 7) is 2.65. The maximum absolute atomic E-state index is 11.8. The predicted molar refractivity (Wildman–Crippen MR) is 89.5 cm³/mol. The van der Waals surface area contributed by atoms with Gasteiger partial charge in [0.05, 0.1) is 0 Å². The second kappa shape index (κ2) is 7.63. The van der Waals surface area contributed by atoms with Crippen LogP contribution in [0.1, 0.15) is 18.4 Å². The molecule has 0 atom stereocenters. The zero-order valence-corrected chi connectivity index (χ0v) is 13.1. The summed E-state index contributed by atoms with van der Waals surface area (Å²) < 4.78 is 5.41. The van der Waals surface area contributed by atoms with E-state index in [0.717, 1.165) is 24.5 Å². The molecule has 2 aromatic rings. The first kappa shape index (κ1) is 15.3. The molecule has 120 valence electrons. The van der Waals surface area contributed by atoms with Crippen molar-refractivity contribution in [2.24, 2.45) is 0 Å². The summed E-state index contributed by atoms with van der Waals surface area (Å²) in [7, 11) is 0. The number of hydrogen-bond acceptors (Lipinski definition) is 4. The van der Waals surface area contributed by atoms with Crippen LogP contribution < -0.4 is 15.0 Å². The van der Waals surface area contributed by atoms with Gasteiger partial charge in [0, 0.05) is 25.8 Å². The zero-order valence-electron chi connectivity index (χ0n) is 13.1. The first-order valence-electron chi connectivity index (χ1n) is 7.96. The summed E-state index contributed by atoms with van der Waals surface area (Å²) >= 11 is 0. The normalized spacial score (nSPS) is 13.8. The third-order valence-corrected chi connectivity index (χ3v) is 3.84. The molecule has 1 aliphatic rings. The summed E-state index contributed by atoms with van der Waals surface area (Å²) in [5, 5.41) is 2.84. The Balaban J connectivity index is 1.43. The minimum absolute atomic E-state index is 0.0172. The molecule has 0 unspecified atom stereocenters. The van der Waals surface area contributed by atoms with Crippen LogP contribution in [0.2, 0.25) is 0 Å². The molecule has 0 bridgehead atoms. The Morgan fingerprint density at radius 3 is 2.61 bits per heavy atom. The third kappa shape index (κ3) is 4.45. The fourth-order valence-corrected chi connectivity index (χ4v) is 2.57. The van der Waals surface area contributed by atoms with E-state index in [0.29, 0.717) is 12.3 Å². The number of pyridine rings is 1. The lowest BCUT2D eigenvalue weighted by atomic mass is 10.2. The lowest BCUT2D eigenvalue weighted by molar-refractivity contribution is -0.123. The van der Waals surface area contributed by atoms with Gasteiger partial charge in [0.1, 0.15) is 11.6 Å². The Bertz CT molecular complexity index is 622. The lowest BCUT2D eigenvalue weighted by Crippen LogP contribution is -2.28. The smallest absolute Gasteiger partial charge is 0.258 e. The van der Waals surface area contributed by atoms with Crippen molar-refractivity contribution < 1.29 is 9.53 Å². The Labute approximate surface area is 136 Å². The minimum Gasteiger partial charge on any atom is -0.484 e. The zero-order chi connectivity index (χ0) is 15.9. The molecule has 0 saturated carbocycles. The Morgan fingerprint density at radius 1 is 1.13 bits per heavy atom. The molecule has 3 rings (SSSR count). The van der Waals surface area contributed by atoms with Gasteiger partial charge in [-0.15, -0.1) is 0 Å². The molecule has 1 amide bonds. The van der Waals surface area contributed by atoms with Gasteiger partial charge in [0.15, 0.2) is 6.61 Å². The van der Waals surface area contributed by atoms with Crippen LogP contribution in [-0.2, 0) is 11.3 Å². The van der Waals surface area contributed by atoms with Crippen molar-refractivity contribution in [3.63, 3.8) is 0 Å². The molecule has 5 nitrogen and oxygen atoms in total. The summed E-state index contributed by atoms with van der Waals surface area (Å²) in [4.78, 5) is 18.6. The van der Waals surface area contributed by atoms with Gasteiger partial charge in [0.25, 0.3) is 5.91 Å². The van der Waals surface area contributed by atoms with E-state index < -0.39 is 0 Å². The van der Waals surface area contributed by atoms with Crippen LogP contribution in [0, 0.1) is 0 Å². The van der Waals surface area contributed by atoms with Gasteiger partial charge in [-0.3, -0.25) is 4.79 Å². The number of carbonyl (C=O) groups excluding carboxylic acids is 1. The number of nitrogens with zero attached hydrogens (tertiary/aromatic N) is 2. The molecular weight excluding hydrogens is 290 g/mol. The topological polar surface area (TPSA) is 54.5 Å². The maximum Gasteiger partial charge on any atom is 0.258 e. The van der Waals surface area contributed by atoms with Crippen LogP contribution >= 0.6 is 0 Å². The van der Waals surface area contributed by atoms with Gasteiger partial charge in [-0.25, -0.2) is 4.98 Å². The van der Waals surface area contributed by atoms with Crippen molar-refractivity contribution in [2.75, 3.05) is 24.6 Å². The van der Waals surface area contributed by atoms with Gasteiger partial charge in [0.2, 0.25) is 0 Å². The van der Waals surface area contributed by atoms with E-state index in [1.54, 1.807) is 0 Å². The first-order valence-corrected chi connectivity index (χ1v) is 7.96. The average Bonchev–Trinajstić information content (AvgIpc) is 3.14. The molecule has 0 aliphatic carbocycles. The Morgan fingerprint density at radius 2 is 1.91 bits per heavy atom. The number of nitrogens with one attached hydrogen (secondary N) is 1. The second-order valence-corrected chi connectivity index (χ2v) is 5.60.